The van der Waals surface area contributed by atoms with Crippen molar-refractivity contribution in [1.29, 1.82) is 5.26 Å². The number of alkyl halides is 3. The highest BCUT2D eigenvalue weighted by Crippen LogP contribution is 2.37. The molecule has 2 atom stereocenters. The Labute approximate surface area is 230 Å². The maximum absolute atomic E-state index is 13.5. The summed E-state index contributed by atoms with van der Waals surface area (Å²) in [6.07, 6.45) is 0.798. The molecule has 210 valence electrons. The van der Waals surface area contributed by atoms with E-state index in [2.05, 4.69) is 37.5 Å². The van der Waals surface area contributed by atoms with Gasteiger partial charge in [-0.15, -0.1) is 0 Å². The maximum Gasteiger partial charge on any atom is 0.417 e. The van der Waals surface area contributed by atoms with Gasteiger partial charge in [-0.2, -0.15) is 18.4 Å². The van der Waals surface area contributed by atoms with E-state index in [-0.39, 0.29) is 17.0 Å². The summed E-state index contributed by atoms with van der Waals surface area (Å²) >= 11 is 5.70. The van der Waals surface area contributed by atoms with Gasteiger partial charge in [0.2, 0.25) is 5.91 Å². The van der Waals surface area contributed by atoms with Gasteiger partial charge in [0.1, 0.15) is 0 Å². The van der Waals surface area contributed by atoms with Crippen LogP contribution < -0.4 is 4.90 Å². The summed E-state index contributed by atoms with van der Waals surface area (Å²) in [6, 6.07) is 6.17. The Kier molecular flexibility index (Phi) is 9.69. The average Bonchev–Trinajstić information content (AvgIpc) is 3.06. The Hall–Kier alpha value is -2.38. The van der Waals surface area contributed by atoms with Crippen molar-refractivity contribution in [3.8, 4) is 6.07 Å². The van der Waals surface area contributed by atoms with E-state index in [9.17, 15) is 18.0 Å². The van der Waals surface area contributed by atoms with Crippen LogP contribution in [0.15, 0.2) is 18.2 Å². The number of piperazine rings is 1. The third kappa shape index (κ3) is 6.97. The van der Waals surface area contributed by atoms with Crippen molar-refractivity contribution < 1.29 is 18.0 Å². The summed E-state index contributed by atoms with van der Waals surface area (Å²) in [5.74, 6) is 0.148. The zero-order valence-corrected chi connectivity index (χ0v) is 24.0. The molecule has 2 heterocycles. The molecule has 38 heavy (non-hydrogen) atoms. The van der Waals surface area contributed by atoms with E-state index in [1.54, 1.807) is 24.0 Å². The van der Waals surface area contributed by atoms with Gasteiger partial charge < -0.3 is 14.7 Å². The second-order valence-electron chi connectivity index (χ2n) is 11.3. The number of hydrogen-bond donors (Lipinski definition) is 0. The van der Waals surface area contributed by atoms with Crippen LogP contribution in [0.3, 0.4) is 0 Å². The molecule has 2 saturated heterocycles. The van der Waals surface area contributed by atoms with Crippen molar-refractivity contribution in [1.82, 2.24) is 14.7 Å². The second-order valence-corrected chi connectivity index (χ2v) is 11.7. The fraction of sp³-hybridized carbons (Fsp3) is 0.679. The van der Waals surface area contributed by atoms with Crippen molar-refractivity contribution in [2.45, 2.75) is 90.5 Å². The first-order chi connectivity index (χ1) is 17.8. The van der Waals surface area contributed by atoms with Crippen LogP contribution >= 0.6 is 12.2 Å². The SMILES string of the molecule is CC(=O)N1C[C@@H](C)N(CCCCCCCN2C(=S)N(c3ccc(C#N)c(C(F)(F)F)c3)CC2(C)C)[C@@H](C)C1. The van der Waals surface area contributed by atoms with Gasteiger partial charge in [-0.05, 0) is 77.5 Å². The number of benzene rings is 1. The molecule has 1 amide bonds. The lowest BCUT2D eigenvalue weighted by Crippen LogP contribution is -2.57. The number of unbranched alkanes of at least 4 members (excludes halogenated alkanes) is 4. The number of carbonyl (C=O) groups excluding carboxylic acids is 1. The number of carbonyl (C=O) groups is 1. The molecular weight excluding hydrogens is 511 g/mol. The van der Waals surface area contributed by atoms with Crippen molar-refractivity contribution in [2.75, 3.05) is 37.6 Å². The third-order valence-corrected chi connectivity index (χ3v) is 8.26. The highest BCUT2D eigenvalue weighted by Gasteiger charge is 2.42. The first kappa shape index (κ1) is 30.2. The van der Waals surface area contributed by atoms with E-state index < -0.39 is 11.7 Å². The molecule has 0 spiro atoms. The van der Waals surface area contributed by atoms with Crippen LogP contribution in [0, 0.1) is 11.3 Å². The number of anilines is 1. The molecule has 3 rings (SSSR count). The minimum Gasteiger partial charge on any atom is -0.342 e. The van der Waals surface area contributed by atoms with E-state index in [1.165, 1.54) is 6.07 Å². The fourth-order valence-electron chi connectivity index (χ4n) is 5.73. The lowest BCUT2D eigenvalue weighted by atomic mass is 10.0. The molecule has 0 saturated carbocycles. The lowest BCUT2D eigenvalue weighted by molar-refractivity contribution is -0.137. The predicted molar refractivity (Wildman–Crippen MR) is 148 cm³/mol. The van der Waals surface area contributed by atoms with Crippen LogP contribution in [0.2, 0.25) is 0 Å². The Bertz CT molecular complexity index is 1040. The Balaban J connectivity index is 1.47. The summed E-state index contributed by atoms with van der Waals surface area (Å²) in [5, 5.41) is 9.62. The van der Waals surface area contributed by atoms with Crippen LogP contribution in [0.5, 0.6) is 0 Å². The largest absolute Gasteiger partial charge is 0.417 e. The van der Waals surface area contributed by atoms with Gasteiger partial charge in [0.25, 0.3) is 0 Å². The van der Waals surface area contributed by atoms with Gasteiger partial charge in [-0.25, -0.2) is 0 Å². The topological polar surface area (TPSA) is 53.8 Å². The molecule has 6 nitrogen and oxygen atoms in total. The molecule has 0 aromatic heterocycles. The summed E-state index contributed by atoms with van der Waals surface area (Å²) in [7, 11) is 0. The second kappa shape index (κ2) is 12.2. The fourth-order valence-corrected chi connectivity index (χ4v) is 6.23. The lowest BCUT2D eigenvalue weighted by Gasteiger charge is -2.44. The normalized spacial score (nSPS) is 22.2. The van der Waals surface area contributed by atoms with E-state index in [4.69, 9.17) is 17.5 Å². The number of rotatable bonds is 9. The number of hydrogen-bond acceptors (Lipinski definition) is 4. The van der Waals surface area contributed by atoms with Crippen LogP contribution in [0.4, 0.5) is 18.9 Å². The minimum atomic E-state index is -4.60. The monoisotopic (exact) mass is 551 g/mol. The number of nitriles is 1. The standard InChI is InChI=1S/C28H40F3N5OS/c1-20-17-33(22(3)37)18-21(2)34(20)13-9-7-6-8-10-14-36-26(38)35(19-27(36,4)5)24-12-11-23(16-32)25(15-24)28(29,30)31/h11-12,15,20-21H,6-10,13-14,17-19H2,1-5H3/t20-,21+. The molecular formula is C28H40F3N5OS. The van der Waals surface area contributed by atoms with Gasteiger partial charge >= 0.3 is 6.18 Å². The van der Waals surface area contributed by atoms with Gasteiger partial charge in [-0.3, -0.25) is 9.69 Å². The van der Waals surface area contributed by atoms with Crippen LogP contribution in [0.25, 0.3) is 0 Å². The van der Waals surface area contributed by atoms with Gasteiger partial charge in [0.05, 0.1) is 22.7 Å². The molecule has 1 aromatic carbocycles. The molecule has 2 fully saturated rings. The van der Waals surface area contributed by atoms with Crippen molar-refractivity contribution in [3.63, 3.8) is 0 Å². The number of halogens is 3. The molecule has 0 aliphatic carbocycles. The molecule has 0 bridgehead atoms. The first-order valence-electron chi connectivity index (χ1n) is 13.5. The number of nitrogens with zero attached hydrogens (tertiary/aromatic N) is 5. The molecule has 0 radical (unpaired) electrons. The smallest absolute Gasteiger partial charge is 0.342 e. The zero-order chi connectivity index (χ0) is 28.3. The predicted octanol–water partition coefficient (Wildman–Crippen LogP) is 5.65. The summed E-state index contributed by atoms with van der Waals surface area (Å²) in [6.45, 7) is 14.0. The van der Waals surface area contributed by atoms with Gasteiger partial charge in [0.15, 0.2) is 5.11 Å². The maximum atomic E-state index is 13.5. The molecule has 2 aliphatic rings. The van der Waals surface area contributed by atoms with E-state index in [0.29, 0.717) is 29.4 Å². The highest BCUT2D eigenvalue weighted by atomic mass is 32.1. The van der Waals surface area contributed by atoms with E-state index >= 15 is 0 Å². The van der Waals surface area contributed by atoms with Gasteiger partial charge in [0, 0.05) is 50.9 Å². The van der Waals surface area contributed by atoms with E-state index in [1.807, 2.05) is 4.90 Å². The third-order valence-electron chi connectivity index (χ3n) is 7.82. The number of amides is 1. The van der Waals surface area contributed by atoms with Gasteiger partial charge in [-0.1, -0.05) is 19.3 Å². The minimum absolute atomic E-state index is 0.148. The van der Waals surface area contributed by atoms with E-state index in [0.717, 1.165) is 64.3 Å². The van der Waals surface area contributed by atoms with Crippen molar-refractivity contribution in [2.24, 2.45) is 0 Å². The Morgan fingerprint density at radius 3 is 2.21 bits per heavy atom. The first-order valence-corrected chi connectivity index (χ1v) is 13.9. The summed E-state index contributed by atoms with van der Waals surface area (Å²) in [5.41, 5.74) is -1.26. The highest BCUT2D eigenvalue weighted by molar-refractivity contribution is 7.80. The molecule has 10 heteroatoms. The quantitative estimate of drug-likeness (QED) is 0.292. The van der Waals surface area contributed by atoms with Crippen molar-refractivity contribution in [3.05, 3.63) is 29.3 Å². The van der Waals surface area contributed by atoms with Crippen LogP contribution in [-0.4, -0.2) is 76.1 Å². The van der Waals surface area contributed by atoms with Crippen LogP contribution in [-0.2, 0) is 11.0 Å². The molecule has 0 unspecified atom stereocenters. The molecule has 1 aromatic rings. The molecule has 0 N–H and O–H groups in total. The number of thiocarbonyl (C=S) groups is 1. The Morgan fingerprint density at radius 1 is 1.08 bits per heavy atom. The van der Waals surface area contributed by atoms with Crippen molar-refractivity contribution >= 4 is 28.9 Å². The summed E-state index contributed by atoms with van der Waals surface area (Å²) < 4.78 is 40.4. The zero-order valence-electron chi connectivity index (χ0n) is 23.1. The van der Waals surface area contributed by atoms with Crippen LogP contribution in [0.1, 0.15) is 77.8 Å². The molecule has 2 aliphatic heterocycles. The average molecular weight is 552 g/mol. The summed E-state index contributed by atoms with van der Waals surface area (Å²) in [4.78, 5) is 20.0. The Morgan fingerprint density at radius 2 is 1.66 bits per heavy atom.